The molecule has 1 atom stereocenters. The summed E-state index contributed by atoms with van der Waals surface area (Å²) in [6.45, 7) is 0. The number of carbonyl (C=O) groups is 2. The molecule has 2 N–H and O–H groups in total. The van der Waals surface area contributed by atoms with Crippen LogP contribution < -0.4 is 5.32 Å². The largest absolute Gasteiger partial charge is 0.480 e. The van der Waals surface area contributed by atoms with Crippen molar-refractivity contribution < 1.29 is 14.7 Å². The number of carboxylic acid groups (broad SMARTS) is 1. The average Bonchev–Trinajstić information content (AvgIpc) is 2.45. The molecular formula is C16H12Br3NO3. The molecule has 4 nitrogen and oxygen atoms in total. The van der Waals surface area contributed by atoms with E-state index in [-0.39, 0.29) is 6.42 Å². The molecule has 2 aromatic rings. The lowest BCUT2D eigenvalue weighted by Crippen LogP contribution is -2.42. The summed E-state index contributed by atoms with van der Waals surface area (Å²) in [5, 5.41) is 11.9. The van der Waals surface area contributed by atoms with E-state index in [9.17, 15) is 14.7 Å². The van der Waals surface area contributed by atoms with Crippen molar-refractivity contribution in [1.82, 2.24) is 5.32 Å². The van der Waals surface area contributed by atoms with E-state index in [2.05, 4.69) is 53.1 Å². The molecule has 0 aliphatic heterocycles. The van der Waals surface area contributed by atoms with Crippen LogP contribution in [0.15, 0.2) is 55.9 Å². The monoisotopic (exact) mass is 503 g/mol. The van der Waals surface area contributed by atoms with Gasteiger partial charge >= 0.3 is 5.97 Å². The van der Waals surface area contributed by atoms with E-state index >= 15 is 0 Å². The molecule has 0 aliphatic carbocycles. The zero-order valence-electron chi connectivity index (χ0n) is 11.7. The Hall–Kier alpha value is -1.18. The summed E-state index contributed by atoms with van der Waals surface area (Å²) in [5.74, 6) is -1.51. The predicted octanol–water partition coefficient (Wildman–Crippen LogP) is 4.40. The number of aliphatic carboxylic acids is 1. The van der Waals surface area contributed by atoms with E-state index in [1.807, 2.05) is 24.3 Å². The van der Waals surface area contributed by atoms with Crippen LogP contribution in [0.5, 0.6) is 0 Å². The van der Waals surface area contributed by atoms with Gasteiger partial charge in [0, 0.05) is 25.4 Å². The first kappa shape index (κ1) is 18.2. The van der Waals surface area contributed by atoms with Crippen molar-refractivity contribution >= 4 is 59.7 Å². The maximum atomic E-state index is 12.3. The first-order valence-electron chi connectivity index (χ1n) is 6.59. The van der Waals surface area contributed by atoms with Gasteiger partial charge in [0.1, 0.15) is 6.04 Å². The second-order valence-corrected chi connectivity index (χ2v) is 7.60. The molecule has 0 bridgehead atoms. The SMILES string of the molecule is O=C(N[C@H](Cc1cccc(Br)c1)C(=O)O)c1cc(Br)cc(Br)c1. The third-order valence-electron chi connectivity index (χ3n) is 3.06. The molecule has 0 heterocycles. The summed E-state index contributed by atoms with van der Waals surface area (Å²) >= 11 is 9.96. The Bertz CT molecular complexity index is 729. The number of halogens is 3. The van der Waals surface area contributed by atoms with Gasteiger partial charge < -0.3 is 10.4 Å². The minimum absolute atomic E-state index is 0.204. The first-order chi connectivity index (χ1) is 10.8. The lowest BCUT2D eigenvalue weighted by molar-refractivity contribution is -0.139. The third-order valence-corrected chi connectivity index (χ3v) is 4.47. The number of benzene rings is 2. The number of hydrogen-bond donors (Lipinski definition) is 2. The Balaban J connectivity index is 2.15. The van der Waals surface area contributed by atoms with E-state index in [0.29, 0.717) is 5.56 Å². The van der Waals surface area contributed by atoms with Crippen LogP contribution in [0.1, 0.15) is 15.9 Å². The molecule has 2 aromatic carbocycles. The van der Waals surface area contributed by atoms with Gasteiger partial charge in [-0.3, -0.25) is 4.79 Å². The smallest absolute Gasteiger partial charge is 0.326 e. The highest BCUT2D eigenvalue weighted by atomic mass is 79.9. The van der Waals surface area contributed by atoms with Gasteiger partial charge in [-0.05, 0) is 35.9 Å². The van der Waals surface area contributed by atoms with Crippen LogP contribution in [0, 0.1) is 0 Å². The molecule has 0 aliphatic rings. The van der Waals surface area contributed by atoms with E-state index in [1.165, 1.54) is 0 Å². The average molecular weight is 506 g/mol. The topological polar surface area (TPSA) is 66.4 Å². The fourth-order valence-electron chi connectivity index (χ4n) is 2.03. The summed E-state index contributed by atoms with van der Waals surface area (Å²) in [5.41, 5.74) is 1.20. The van der Waals surface area contributed by atoms with E-state index in [1.54, 1.807) is 18.2 Å². The van der Waals surface area contributed by atoms with Crippen LogP contribution in [0.3, 0.4) is 0 Å². The standard InChI is InChI=1S/C16H12Br3NO3/c17-11-3-1-2-9(4-11)5-14(16(22)23)20-15(21)10-6-12(18)8-13(19)7-10/h1-4,6-8,14H,5H2,(H,20,21)(H,22,23)/t14-/m1/s1. The van der Waals surface area contributed by atoms with Crippen molar-refractivity contribution in [2.45, 2.75) is 12.5 Å². The molecule has 2 rings (SSSR count). The van der Waals surface area contributed by atoms with Crippen LogP contribution in [-0.2, 0) is 11.2 Å². The molecule has 120 valence electrons. The molecule has 0 saturated heterocycles. The highest BCUT2D eigenvalue weighted by Crippen LogP contribution is 2.20. The van der Waals surface area contributed by atoms with Crippen molar-refractivity contribution in [3.05, 3.63) is 67.0 Å². The second-order valence-electron chi connectivity index (χ2n) is 4.86. The van der Waals surface area contributed by atoms with Gasteiger partial charge in [0.15, 0.2) is 0 Å². The van der Waals surface area contributed by atoms with Gasteiger partial charge in [0.05, 0.1) is 0 Å². The molecule has 7 heteroatoms. The zero-order valence-corrected chi connectivity index (χ0v) is 16.5. The summed E-state index contributed by atoms with van der Waals surface area (Å²) in [4.78, 5) is 23.7. The van der Waals surface area contributed by atoms with Gasteiger partial charge in [-0.15, -0.1) is 0 Å². The van der Waals surface area contributed by atoms with E-state index in [0.717, 1.165) is 19.0 Å². The highest BCUT2D eigenvalue weighted by molar-refractivity contribution is 9.11. The van der Waals surface area contributed by atoms with Gasteiger partial charge in [-0.25, -0.2) is 4.79 Å². The first-order valence-corrected chi connectivity index (χ1v) is 8.97. The minimum Gasteiger partial charge on any atom is -0.480 e. The van der Waals surface area contributed by atoms with Gasteiger partial charge in [0.25, 0.3) is 5.91 Å². The molecule has 0 unspecified atom stereocenters. The number of nitrogens with one attached hydrogen (secondary N) is 1. The Kier molecular flexibility index (Phi) is 6.38. The number of carbonyl (C=O) groups excluding carboxylic acids is 1. The summed E-state index contributed by atoms with van der Waals surface area (Å²) in [7, 11) is 0. The van der Waals surface area contributed by atoms with Gasteiger partial charge in [-0.2, -0.15) is 0 Å². The predicted molar refractivity (Wildman–Crippen MR) is 98.6 cm³/mol. The van der Waals surface area contributed by atoms with Crippen LogP contribution in [-0.4, -0.2) is 23.0 Å². The Morgan fingerprint density at radius 1 is 1.00 bits per heavy atom. The number of rotatable bonds is 5. The number of amides is 1. The van der Waals surface area contributed by atoms with Crippen molar-refractivity contribution in [3.8, 4) is 0 Å². The molecule has 0 spiro atoms. The van der Waals surface area contributed by atoms with Crippen molar-refractivity contribution in [1.29, 1.82) is 0 Å². The number of hydrogen-bond acceptors (Lipinski definition) is 2. The normalized spacial score (nSPS) is 11.8. The van der Waals surface area contributed by atoms with Crippen molar-refractivity contribution in [3.63, 3.8) is 0 Å². The molecule has 0 radical (unpaired) electrons. The minimum atomic E-state index is -1.08. The van der Waals surface area contributed by atoms with Crippen molar-refractivity contribution in [2.75, 3.05) is 0 Å². The maximum Gasteiger partial charge on any atom is 0.326 e. The van der Waals surface area contributed by atoms with Crippen LogP contribution >= 0.6 is 47.8 Å². The number of carboxylic acids is 1. The zero-order chi connectivity index (χ0) is 17.0. The molecule has 23 heavy (non-hydrogen) atoms. The van der Waals surface area contributed by atoms with E-state index < -0.39 is 17.9 Å². The Morgan fingerprint density at radius 3 is 2.22 bits per heavy atom. The lowest BCUT2D eigenvalue weighted by Gasteiger charge is -2.15. The highest BCUT2D eigenvalue weighted by Gasteiger charge is 2.21. The van der Waals surface area contributed by atoms with Crippen molar-refractivity contribution in [2.24, 2.45) is 0 Å². The van der Waals surface area contributed by atoms with Gasteiger partial charge in [0.2, 0.25) is 0 Å². The summed E-state index contributed by atoms with van der Waals surface area (Å²) in [6.07, 6.45) is 0.204. The Morgan fingerprint density at radius 2 is 1.65 bits per heavy atom. The molecular weight excluding hydrogens is 494 g/mol. The van der Waals surface area contributed by atoms with Crippen LogP contribution in [0.25, 0.3) is 0 Å². The van der Waals surface area contributed by atoms with Crippen LogP contribution in [0.2, 0.25) is 0 Å². The summed E-state index contributed by atoms with van der Waals surface area (Å²) in [6, 6.07) is 11.4. The third kappa shape index (κ3) is 5.44. The Labute approximate surface area is 158 Å². The lowest BCUT2D eigenvalue weighted by atomic mass is 10.1. The quantitative estimate of drug-likeness (QED) is 0.633. The molecule has 0 saturated carbocycles. The maximum absolute atomic E-state index is 12.3. The van der Waals surface area contributed by atoms with Gasteiger partial charge in [-0.1, -0.05) is 59.9 Å². The molecule has 0 aromatic heterocycles. The fraction of sp³-hybridized carbons (Fsp3) is 0.125. The van der Waals surface area contributed by atoms with Crippen LogP contribution in [0.4, 0.5) is 0 Å². The summed E-state index contributed by atoms with van der Waals surface area (Å²) < 4.78 is 2.33. The fourth-order valence-corrected chi connectivity index (χ4v) is 3.77. The molecule has 1 amide bonds. The van der Waals surface area contributed by atoms with E-state index in [4.69, 9.17) is 0 Å². The molecule has 0 fully saturated rings. The second kappa shape index (κ2) is 8.08.